The van der Waals surface area contributed by atoms with E-state index in [9.17, 15) is 0 Å². The van der Waals surface area contributed by atoms with Gasteiger partial charge in [0.25, 0.3) is 0 Å². The van der Waals surface area contributed by atoms with E-state index in [1.807, 2.05) is 13.8 Å². The lowest BCUT2D eigenvalue weighted by molar-refractivity contribution is 0.151. The van der Waals surface area contributed by atoms with Crippen LogP contribution in [-0.2, 0) is 0 Å². The molecule has 1 heterocycles. The molecular formula is C16H29N. The van der Waals surface area contributed by atoms with Gasteiger partial charge in [-0.2, -0.15) is 0 Å². The van der Waals surface area contributed by atoms with Crippen LogP contribution in [0.3, 0.4) is 0 Å². The second-order valence-corrected chi connectivity index (χ2v) is 5.02. The van der Waals surface area contributed by atoms with Gasteiger partial charge < -0.3 is 0 Å². The van der Waals surface area contributed by atoms with Gasteiger partial charge in [-0.3, -0.25) is 4.90 Å². The van der Waals surface area contributed by atoms with Gasteiger partial charge in [0.15, 0.2) is 0 Å². The Morgan fingerprint density at radius 3 is 2.41 bits per heavy atom. The number of piperidine rings is 1. The molecule has 2 aliphatic rings. The van der Waals surface area contributed by atoms with Crippen molar-refractivity contribution in [3.8, 4) is 0 Å². The predicted octanol–water partition coefficient (Wildman–Crippen LogP) is 4.41. The average molecular weight is 235 g/mol. The van der Waals surface area contributed by atoms with E-state index < -0.39 is 0 Å². The zero-order valence-corrected chi connectivity index (χ0v) is 12.1. The van der Waals surface area contributed by atoms with Crippen LogP contribution < -0.4 is 0 Å². The molecule has 1 atom stereocenters. The van der Waals surface area contributed by atoms with E-state index in [1.54, 1.807) is 5.57 Å². The maximum absolute atomic E-state index is 2.69. The van der Waals surface area contributed by atoms with Gasteiger partial charge in [-0.1, -0.05) is 45.9 Å². The highest BCUT2D eigenvalue weighted by Gasteiger charge is 2.24. The number of nitrogens with zero attached hydrogens (tertiary/aromatic N) is 1. The highest BCUT2D eigenvalue weighted by atomic mass is 15.2. The van der Waals surface area contributed by atoms with Crippen LogP contribution in [0.2, 0.25) is 0 Å². The van der Waals surface area contributed by atoms with Crippen molar-refractivity contribution in [2.45, 2.75) is 59.4 Å². The lowest BCUT2D eigenvalue weighted by Crippen LogP contribution is -2.41. The molecule has 0 saturated carbocycles. The first kappa shape index (κ1) is 14.5. The van der Waals surface area contributed by atoms with Crippen LogP contribution in [0, 0.1) is 5.92 Å². The average Bonchev–Trinajstić information content (AvgIpc) is 2.89. The molecule has 1 nitrogen and oxygen atoms in total. The summed E-state index contributed by atoms with van der Waals surface area (Å²) in [6.45, 7) is 11.3. The molecule has 1 heteroatoms. The van der Waals surface area contributed by atoms with Crippen molar-refractivity contribution in [2.75, 3.05) is 13.1 Å². The molecule has 0 aromatic heterocycles. The number of rotatable bonds is 3. The third kappa shape index (κ3) is 3.99. The smallest absolute Gasteiger partial charge is 0.0311 e. The Kier molecular flexibility index (Phi) is 6.57. The Balaban J connectivity index is 0.000000686. The first-order chi connectivity index (χ1) is 8.31. The molecule has 1 saturated heterocycles. The van der Waals surface area contributed by atoms with Crippen molar-refractivity contribution >= 4 is 0 Å². The molecule has 0 bridgehead atoms. The Labute approximate surface area is 108 Å². The van der Waals surface area contributed by atoms with E-state index in [0.717, 1.165) is 5.92 Å². The Bertz CT molecular complexity index is 257. The number of likely N-dealkylation sites (tertiary alicyclic amines) is 1. The van der Waals surface area contributed by atoms with Crippen molar-refractivity contribution in [3.63, 3.8) is 0 Å². The molecule has 0 amide bonds. The molecule has 1 aliphatic heterocycles. The van der Waals surface area contributed by atoms with E-state index >= 15 is 0 Å². The van der Waals surface area contributed by atoms with Gasteiger partial charge >= 0.3 is 0 Å². The second kappa shape index (κ2) is 7.71. The third-order valence-electron chi connectivity index (χ3n) is 3.87. The summed E-state index contributed by atoms with van der Waals surface area (Å²) in [5.74, 6) is 0.939. The fourth-order valence-electron chi connectivity index (χ4n) is 2.81. The zero-order valence-electron chi connectivity index (χ0n) is 12.1. The van der Waals surface area contributed by atoms with Crippen LogP contribution in [0.1, 0.15) is 53.4 Å². The highest BCUT2D eigenvalue weighted by Crippen LogP contribution is 2.26. The van der Waals surface area contributed by atoms with E-state index in [-0.39, 0.29) is 0 Å². The maximum atomic E-state index is 2.69. The summed E-state index contributed by atoms with van der Waals surface area (Å²) >= 11 is 0. The van der Waals surface area contributed by atoms with Crippen LogP contribution in [0.4, 0.5) is 0 Å². The summed E-state index contributed by atoms with van der Waals surface area (Å²) < 4.78 is 0. The summed E-state index contributed by atoms with van der Waals surface area (Å²) in [5, 5.41) is 0. The molecule has 0 N–H and O–H groups in total. The van der Waals surface area contributed by atoms with Gasteiger partial charge in [0, 0.05) is 6.04 Å². The van der Waals surface area contributed by atoms with Gasteiger partial charge in [0.05, 0.1) is 0 Å². The first-order valence-electron chi connectivity index (χ1n) is 7.41. The third-order valence-corrected chi connectivity index (χ3v) is 3.87. The van der Waals surface area contributed by atoms with Gasteiger partial charge in [0.1, 0.15) is 0 Å². The van der Waals surface area contributed by atoms with Gasteiger partial charge in [-0.15, -0.1) is 0 Å². The topological polar surface area (TPSA) is 3.24 Å². The molecule has 1 fully saturated rings. The predicted molar refractivity (Wildman–Crippen MR) is 77.2 cm³/mol. The van der Waals surface area contributed by atoms with Crippen LogP contribution in [0.5, 0.6) is 0 Å². The molecule has 98 valence electrons. The lowest BCUT2D eigenvalue weighted by Gasteiger charge is -2.37. The molecule has 0 aromatic rings. The SMILES string of the molecule is CC.CCC(C1=CC=CC1)N1CCC(C)CC1. The minimum atomic E-state index is 0.715. The minimum Gasteiger partial charge on any atom is -0.297 e. The van der Waals surface area contributed by atoms with Crippen molar-refractivity contribution in [2.24, 2.45) is 5.92 Å². The first-order valence-corrected chi connectivity index (χ1v) is 7.41. The van der Waals surface area contributed by atoms with Crippen molar-refractivity contribution in [1.82, 2.24) is 4.90 Å². The molecule has 1 unspecified atom stereocenters. The summed E-state index contributed by atoms with van der Waals surface area (Å²) in [6.07, 6.45) is 12.0. The van der Waals surface area contributed by atoms with Crippen LogP contribution in [-0.4, -0.2) is 24.0 Å². The molecule has 0 aromatic carbocycles. The quantitative estimate of drug-likeness (QED) is 0.700. The summed E-state index contributed by atoms with van der Waals surface area (Å²) in [5.41, 5.74) is 1.63. The fourth-order valence-corrected chi connectivity index (χ4v) is 2.81. The van der Waals surface area contributed by atoms with Crippen molar-refractivity contribution in [1.29, 1.82) is 0 Å². The van der Waals surface area contributed by atoms with Gasteiger partial charge in [-0.25, -0.2) is 0 Å². The summed E-state index contributed by atoms with van der Waals surface area (Å²) in [7, 11) is 0. The number of hydrogen-bond donors (Lipinski definition) is 0. The Hall–Kier alpha value is -0.560. The standard InChI is InChI=1S/C14H23N.C2H6/c1-3-14(13-6-4-5-7-13)15-10-8-12(2)9-11-15;1-2/h4-6,12,14H,3,7-11H2,1-2H3;1-2H3. The maximum Gasteiger partial charge on any atom is 0.0311 e. The Morgan fingerprint density at radius 2 is 1.94 bits per heavy atom. The van der Waals surface area contributed by atoms with Crippen molar-refractivity contribution in [3.05, 3.63) is 23.8 Å². The highest BCUT2D eigenvalue weighted by molar-refractivity contribution is 5.27. The van der Waals surface area contributed by atoms with E-state index in [2.05, 4.69) is 37.0 Å². The fraction of sp³-hybridized carbons (Fsp3) is 0.750. The molecule has 0 radical (unpaired) electrons. The molecular weight excluding hydrogens is 206 g/mol. The van der Waals surface area contributed by atoms with E-state index in [4.69, 9.17) is 0 Å². The van der Waals surface area contributed by atoms with Crippen LogP contribution in [0.25, 0.3) is 0 Å². The van der Waals surface area contributed by atoms with E-state index in [1.165, 1.54) is 38.8 Å². The lowest BCUT2D eigenvalue weighted by atomic mass is 9.94. The molecule has 17 heavy (non-hydrogen) atoms. The van der Waals surface area contributed by atoms with Gasteiger partial charge in [0.2, 0.25) is 0 Å². The van der Waals surface area contributed by atoms with Gasteiger partial charge in [-0.05, 0) is 50.3 Å². The molecule has 0 spiro atoms. The number of allylic oxidation sites excluding steroid dienone is 3. The van der Waals surface area contributed by atoms with Crippen molar-refractivity contribution < 1.29 is 0 Å². The van der Waals surface area contributed by atoms with Crippen LogP contribution >= 0.6 is 0 Å². The molecule has 1 aliphatic carbocycles. The van der Waals surface area contributed by atoms with Crippen LogP contribution in [0.15, 0.2) is 23.8 Å². The largest absolute Gasteiger partial charge is 0.297 e. The minimum absolute atomic E-state index is 0.715. The second-order valence-electron chi connectivity index (χ2n) is 5.02. The Morgan fingerprint density at radius 1 is 1.29 bits per heavy atom. The normalized spacial score (nSPS) is 22.9. The van der Waals surface area contributed by atoms with E-state index in [0.29, 0.717) is 6.04 Å². The molecule has 2 rings (SSSR count). The monoisotopic (exact) mass is 235 g/mol. The summed E-state index contributed by atoms with van der Waals surface area (Å²) in [6, 6.07) is 0.715. The summed E-state index contributed by atoms with van der Waals surface area (Å²) in [4.78, 5) is 2.69. The number of hydrogen-bond acceptors (Lipinski definition) is 1. The zero-order chi connectivity index (χ0) is 12.7.